The second kappa shape index (κ2) is 13.3. The Morgan fingerprint density at radius 3 is 1.71 bits per heavy atom. The minimum Gasteiger partial charge on any atom is -0.336 e. The molecule has 2 fully saturated rings. The molecule has 0 saturated carbocycles. The molecule has 0 aromatic heterocycles. The maximum Gasteiger partial charge on any atom is 0.253 e. The first-order chi connectivity index (χ1) is 20.2. The average Bonchev–Trinajstić information content (AvgIpc) is 3.04. The predicted octanol–water partition coefficient (Wildman–Crippen LogP) is 6.69. The van der Waals surface area contributed by atoms with Crippen molar-refractivity contribution in [3.8, 4) is 0 Å². The van der Waals surface area contributed by atoms with Crippen molar-refractivity contribution in [2.45, 2.75) is 31.8 Å². The Kier molecular flexibility index (Phi) is 8.89. The third kappa shape index (κ3) is 6.95. The smallest absolute Gasteiger partial charge is 0.253 e. The Labute approximate surface area is 245 Å². The monoisotopic (exact) mass is 543 g/mol. The maximum absolute atomic E-state index is 13.4. The van der Waals surface area contributed by atoms with Crippen molar-refractivity contribution in [1.82, 2.24) is 14.7 Å². The summed E-state index contributed by atoms with van der Waals surface area (Å²) in [6.07, 6.45) is 3.71. The quantitative estimate of drug-likeness (QED) is 0.248. The lowest BCUT2D eigenvalue weighted by molar-refractivity contribution is 0.0597. The molecule has 4 aromatic rings. The molecule has 2 heterocycles. The first-order valence-electron chi connectivity index (χ1n) is 15.2. The summed E-state index contributed by atoms with van der Waals surface area (Å²) in [6.45, 7) is 6.47. The highest BCUT2D eigenvalue weighted by Gasteiger charge is 2.28. The molecule has 0 bridgehead atoms. The van der Waals surface area contributed by atoms with Gasteiger partial charge in [0.2, 0.25) is 0 Å². The number of likely N-dealkylation sites (tertiary alicyclic amines) is 1. The van der Waals surface area contributed by atoms with Gasteiger partial charge in [-0.1, -0.05) is 103 Å². The van der Waals surface area contributed by atoms with Crippen molar-refractivity contribution in [1.29, 1.82) is 0 Å². The van der Waals surface area contributed by atoms with E-state index in [-0.39, 0.29) is 11.9 Å². The number of hydrogen-bond acceptors (Lipinski definition) is 3. The van der Waals surface area contributed by atoms with Gasteiger partial charge >= 0.3 is 0 Å². The van der Waals surface area contributed by atoms with E-state index in [1.807, 2.05) is 17.0 Å². The minimum absolute atomic E-state index is 0.147. The summed E-state index contributed by atoms with van der Waals surface area (Å²) >= 11 is 0. The molecule has 0 unspecified atom stereocenters. The van der Waals surface area contributed by atoms with Crippen LogP contribution in [-0.4, -0.2) is 59.9 Å². The van der Waals surface area contributed by atoms with Crippen LogP contribution in [-0.2, 0) is 13.0 Å². The summed E-state index contributed by atoms with van der Waals surface area (Å²) in [5.74, 6) is 0.929. The summed E-state index contributed by atoms with van der Waals surface area (Å²) in [7, 11) is 0. The fourth-order valence-electron chi connectivity index (χ4n) is 6.56. The fraction of sp³-hybridized carbons (Fsp3) is 0.324. The Bertz CT molecular complexity index is 1320. The molecule has 0 aliphatic carbocycles. The van der Waals surface area contributed by atoms with E-state index in [0.29, 0.717) is 0 Å². The van der Waals surface area contributed by atoms with Crippen LogP contribution in [0.15, 0.2) is 115 Å². The second-order valence-electron chi connectivity index (χ2n) is 11.7. The molecule has 0 radical (unpaired) electrons. The molecule has 1 amide bonds. The molecular weight excluding hydrogens is 502 g/mol. The number of carbonyl (C=O) groups excluding carboxylic acids is 1. The van der Waals surface area contributed by atoms with Gasteiger partial charge in [-0.3, -0.25) is 14.6 Å². The fourth-order valence-corrected chi connectivity index (χ4v) is 6.56. The van der Waals surface area contributed by atoms with Gasteiger partial charge in [-0.25, -0.2) is 0 Å². The van der Waals surface area contributed by atoms with E-state index in [9.17, 15) is 4.79 Å². The molecule has 2 aliphatic rings. The zero-order chi connectivity index (χ0) is 27.9. The molecule has 41 heavy (non-hydrogen) atoms. The van der Waals surface area contributed by atoms with Crippen LogP contribution < -0.4 is 0 Å². The molecule has 0 spiro atoms. The van der Waals surface area contributed by atoms with Gasteiger partial charge in [0.1, 0.15) is 0 Å². The average molecular weight is 544 g/mol. The summed E-state index contributed by atoms with van der Waals surface area (Å²) in [6, 6.07) is 40.9. The van der Waals surface area contributed by atoms with Gasteiger partial charge in [0, 0.05) is 38.3 Å². The zero-order valence-corrected chi connectivity index (χ0v) is 23.9. The van der Waals surface area contributed by atoms with Crippen molar-refractivity contribution in [3.63, 3.8) is 0 Å². The summed E-state index contributed by atoms with van der Waals surface area (Å²) in [5, 5.41) is 0. The maximum atomic E-state index is 13.4. The normalized spacial score (nSPS) is 17.1. The van der Waals surface area contributed by atoms with Crippen LogP contribution in [0.3, 0.4) is 0 Å². The van der Waals surface area contributed by atoms with Gasteiger partial charge in [-0.2, -0.15) is 0 Å². The number of nitrogens with zero attached hydrogens (tertiary/aromatic N) is 3. The summed E-state index contributed by atoms with van der Waals surface area (Å²) < 4.78 is 0. The molecule has 4 aromatic carbocycles. The van der Waals surface area contributed by atoms with E-state index in [1.54, 1.807) is 0 Å². The Morgan fingerprint density at radius 1 is 0.610 bits per heavy atom. The third-order valence-corrected chi connectivity index (χ3v) is 8.88. The van der Waals surface area contributed by atoms with E-state index in [2.05, 4.69) is 113 Å². The number of hydrogen-bond donors (Lipinski definition) is 0. The van der Waals surface area contributed by atoms with E-state index in [4.69, 9.17) is 0 Å². The van der Waals surface area contributed by atoms with Crippen molar-refractivity contribution in [2.24, 2.45) is 5.92 Å². The van der Waals surface area contributed by atoms with Crippen molar-refractivity contribution in [3.05, 3.63) is 143 Å². The van der Waals surface area contributed by atoms with Crippen LogP contribution in [0.4, 0.5) is 0 Å². The number of rotatable bonds is 8. The first-order valence-corrected chi connectivity index (χ1v) is 15.2. The van der Waals surface area contributed by atoms with Crippen LogP contribution >= 0.6 is 0 Å². The zero-order valence-electron chi connectivity index (χ0n) is 23.9. The van der Waals surface area contributed by atoms with Crippen molar-refractivity contribution < 1.29 is 4.79 Å². The topological polar surface area (TPSA) is 26.8 Å². The lowest BCUT2D eigenvalue weighted by Gasteiger charge is -2.39. The molecule has 0 atom stereocenters. The highest BCUT2D eigenvalue weighted by Crippen LogP contribution is 2.30. The van der Waals surface area contributed by atoms with Crippen LogP contribution in [0.25, 0.3) is 0 Å². The molecular formula is C37H41N3O. The molecule has 0 N–H and O–H groups in total. The van der Waals surface area contributed by atoms with Gasteiger partial charge in [-0.05, 0) is 72.7 Å². The van der Waals surface area contributed by atoms with E-state index < -0.39 is 0 Å². The van der Waals surface area contributed by atoms with Gasteiger partial charge in [-0.15, -0.1) is 0 Å². The lowest BCUT2D eigenvalue weighted by atomic mass is 9.90. The Balaban J connectivity index is 1.01. The molecule has 6 rings (SSSR count). The molecule has 4 heteroatoms. The van der Waals surface area contributed by atoms with E-state index in [1.165, 1.54) is 41.5 Å². The number of benzene rings is 4. The van der Waals surface area contributed by atoms with Gasteiger partial charge in [0.25, 0.3) is 5.91 Å². The third-order valence-electron chi connectivity index (χ3n) is 8.88. The Hall–Kier alpha value is -3.73. The number of piperazine rings is 1. The number of piperidine rings is 1. The lowest BCUT2D eigenvalue weighted by Crippen LogP contribution is -2.49. The minimum atomic E-state index is 0.147. The molecule has 210 valence electrons. The Morgan fingerprint density at radius 2 is 1.15 bits per heavy atom. The second-order valence-corrected chi connectivity index (χ2v) is 11.7. The van der Waals surface area contributed by atoms with Crippen LogP contribution in [0.2, 0.25) is 0 Å². The SMILES string of the molecule is O=C(c1ccc(CN2CCC(Cc3ccccc3)CC2)cc1)N1CCN(C(c2ccccc2)c2ccccc2)CC1. The highest BCUT2D eigenvalue weighted by molar-refractivity contribution is 5.94. The number of amides is 1. The van der Waals surface area contributed by atoms with Gasteiger partial charge in [0.05, 0.1) is 6.04 Å². The molecule has 2 aliphatic heterocycles. The highest BCUT2D eigenvalue weighted by atomic mass is 16.2. The van der Waals surface area contributed by atoms with Crippen LogP contribution in [0, 0.1) is 5.92 Å². The summed E-state index contributed by atoms with van der Waals surface area (Å²) in [4.78, 5) is 20.5. The van der Waals surface area contributed by atoms with Gasteiger partial charge < -0.3 is 4.90 Å². The standard InChI is InChI=1S/C37H41N3O/c41-37(40-26-24-39(25-27-40)36(33-12-6-2-7-13-33)34-14-8-3-9-15-34)35-18-16-32(17-19-35)29-38-22-20-31(21-23-38)28-30-10-4-1-5-11-30/h1-19,31,36H,20-29H2. The largest absolute Gasteiger partial charge is 0.336 e. The van der Waals surface area contributed by atoms with E-state index >= 15 is 0 Å². The van der Waals surface area contributed by atoms with E-state index in [0.717, 1.165) is 57.3 Å². The molecule has 4 nitrogen and oxygen atoms in total. The van der Waals surface area contributed by atoms with Crippen molar-refractivity contribution in [2.75, 3.05) is 39.3 Å². The van der Waals surface area contributed by atoms with Crippen LogP contribution in [0.5, 0.6) is 0 Å². The summed E-state index contributed by atoms with van der Waals surface area (Å²) in [5.41, 5.74) is 6.15. The number of carbonyl (C=O) groups is 1. The predicted molar refractivity (Wildman–Crippen MR) is 167 cm³/mol. The van der Waals surface area contributed by atoms with Crippen LogP contribution in [0.1, 0.15) is 51.5 Å². The molecule has 2 saturated heterocycles. The van der Waals surface area contributed by atoms with Crippen molar-refractivity contribution >= 4 is 5.91 Å². The van der Waals surface area contributed by atoms with Gasteiger partial charge in [0.15, 0.2) is 0 Å². The first kappa shape index (κ1) is 27.4.